The zero-order valence-corrected chi connectivity index (χ0v) is 14.7. The van der Waals surface area contributed by atoms with Gasteiger partial charge in [0.05, 0.1) is 9.78 Å². The fraction of sp³-hybridized carbons (Fsp3) is 0. The largest absolute Gasteiger partial charge is 0.285 e. The Kier molecular flexibility index (Phi) is 4.82. The van der Waals surface area contributed by atoms with Crippen LogP contribution in [0.3, 0.4) is 0 Å². The Morgan fingerprint density at radius 1 is 1.30 bits per heavy atom. The molecule has 3 rings (SSSR count). The minimum atomic E-state index is -0.361. The molecule has 23 heavy (non-hydrogen) atoms. The highest BCUT2D eigenvalue weighted by atomic mass is 35.5. The molecule has 1 aliphatic heterocycles. The normalized spacial score (nSPS) is 16.2. The smallest absolute Gasteiger partial charge is 0.266 e. The lowest BCUT2D eigenvalue weighted by Gasteiger charge is -2.14. The number of amides is 2. The molecule has 1 aromatic carbocycles. The summed E-state index contributed by atoms with van der Waals surface area (Å²) in [5, 5.41) is 3.47. The lowest BCUT2D eigenvalue weighted by molar-refractivity contribution is -0.123. The first kappa shape index (κ1) is 16.2. The molecule has 0 saturated carbocycles. The van der Waals surface area contributed by atoms with Gasteiger partial charge < -0.3 is 0 Å². The number of thiocarbonyl (C=S) groups is 1. The maximum atomic E-state index is 12.4. The quantitative estimate of drug-likeness (QED) is 0.647. The first-order valence-electron chi connectivity index (χ1n) is 6.42. The van der Waals surface area contributed by atoms with Crippen molar-refractivity contribution in [3.8, 4) is 0 Å². The molecule has 2 amide bonds. The van der Waals surface area contributed by atoms with E-state index in [-0.39, 0.29) is 16.1 Å². The summed E-state index contributed by atoms with van der Waals surface area (Å²) in [5.74, 6) is -0.717. The number of nitrogens with zero attached hydrogens (tertiary/aromatic N) is 1. The van der Waals surface area contributed by atoms with E-state index in [1.807, 2.05) is 6.07 Å². The van der Waals surface area contributed by atoms with Crippen LogP contribution in [0.15, 0.2) is 46.7 Å². The highest BCUT2D eigenvalue weighted by Crippen LogP contribution is 2.31. The Labute approximate surface area is 151 Å². The molecule has 4 nitrogen and oxygen atoms in total. The van der Waals surface area contributed by atoms with Crippen molar-refractivity contribution in [2.24, 2.45) is 0 Å². The van der Waals surface area contributed by atoms with Gasteiger partial charge in [-0.3, -0.25) is 15.0 Å². The highest BCUT2D eigenvalue weighted by molar-refractivity contribution is 8.26. The van der Waals surface area contributed by atoms with Crippen LogP contribution in [0.25, 0.3) is 6.08 Å². The van der Waals surface area contributed by atoms with Crippen LogP contribution in [-0.2, 0) is 4.79 Å². The summed E-state index contributed by atoms with van der Waals surface area (Å²) < 4.78 is 0.285. The van der Waals surface area contributed by atoms with Crippen molar-refractivity contribution in [1.29, 1.82) is 0 Å². The SMILES string of the molecule is O=C(NN1C(=O)/C(=C\c2cccc(Cl)c2)SC1=S)c1cccs1. The molecule has 0 spiro atoms. The lowest BCUT2D eigenvalue weighted by atomic mass is 10.2. The summed E-state index contributed by atoms with van der Waals surface area (Å²) in [5.41, 5.74) is 3.33. The van der Waals surface area contributed by atoms with E-state index in [9.17, 15) is 9.59 Å². The van der Waals surface area contributed by atoms with Crippen molar-refractivity contribution in [2.75, 3.05) is 0 Å². The number of thiophene rings is 1. The molecule has 0 atom stereocenters. The average Bonchev–Trinajstić information content (AvgIpc) is 3.12. The van der Waals surface area contributed by atoms with Crippen LogP contribution in [0.1, 0.15) is 15.2 Å². The first-order chi connectivity index (χ1) is 11.0. The van der Waals surface area contributed by atoms with Gasteiger partial charge >= 0.3 is 0 Å². The Morgan fingerprint density at radius 2 is 2.13 bits per heavy atom. The van der Waals surface area contributed by atoms with E-state index in [4.69, 9.17) is 23.8 Å². The molecule has 0 bridgehead atoms. The van der Waals surface area contributed by atoms with E-state index < -0.39 is 0 Å². The van der Waals surface area contributed by atoms with Gasteiger partial charge in [-0.25, -0.2) is 0 Å². The maximum Gasteiger partial charge on any atom is 0.285 e. The number of hydrazine groups is 1. The number of carbonyl (C=O) groups is 2. The molecule has 2 heterocycles. The van der Waals surface area contributed by atoms with Crippen LogP contribution in [0.5, 0.6) is 0 Å². The van der Waals surface area contributed by atoms with Gasteiger partial charge in [0.1, 0.15) is 0 Å². The fourth-order valence-electron chi connectivity index (χ4n) is 1.88. The highest BCUT2D eigenvalue weighted by Gasteiger charge is 2.33. The molecule has 2 aromatic rings. The Morgan fingerprint density at radius 3 is 2.83 bits per heavy atom. The fourth-order valence-corrected chi connectivity index (χ4v) is 3.87. The summed E-state index contributed by atoms with van der Waals surface area (Å²) in [6.45, 7) is 0. The van der Waals surface area contributed by atoms with E-state index in [0.29, 0.717) is 14.8 Å². The van der Waals surface area contributed by atoms with Crippen LogP contribution in [0.2, 0.25) is 5.02 Å². The minimum Gasteiger partial charge on any atom is -0.266 e. The molecular weight excluding hydrogens is 372 g/mol. The van der Waals surface area contributed by atoms with Crippen LogP contribution in [0, 0.1) is 0 Å². The minimum absolute atomic E-state index is 0.285. The van der Waals surface area contributed by atoms with Crippen LogP contribution in [-0.4, -0.2) is 21.1 Å². The van der Waals surface area contributed by atoms with E-state index >= 15 is 0 Å². The number of nitrogens with one attached hydrogen (secondary N) is 1. The third-order valence-electron chi connectivity index (χ3n) is 2.90. The second-order valence-corrected chi connectivity index (χ2v) is 7.55. The zero-order valence-electron chi connectivity index (χ0n) is 11.5. The monoisotopic (exact) mass is 380 g/mol. The molecule has 0 radical (unpaired) electrons. The summed E-state index contributed by atoms with van der Waals surface area (Å²) in [6.07, 6.45) is 1.70. The molecule has 0 unspecified atom stereocenters. The van der Waals surface area contributed by atoms with Crippen molar-refractivity contribution < 1.29 is 9.59 Å². The van der Waals surface area contributed by atoms with Gasteiger partial charge in [-0.15, -0.1) is 11.3 Å². The van der Waals surface area contributed by atoms with Gasteiger partial charge in [0, 0.05) is 5.02 Å². The third-order valence-corrected chi connectivity index (χ3v) is 5.30. The zero-order chi connectivity index (χ0) is 16.4. The Hall–Kier alpha value is -1.67. The summed E-state index contributed by atoms with van der Waals surface area (Å²) in [4.78, 5) is 25.4. The van der Waals surface area contributed by atoms with E-state index in [1.165, 1.54) is 11.3 Å². The number of thioether (sulfide) groups is 1. The van der Waals surface area contributed by atoms with E-state index in [2.05, 4.69) is 5.43 Å². The van der Waals surface area contributed by atoms with Gasteiger partial charge in [-0.2, -0.15) is 5.01 Å². The molecular formula is C15H9ClN2O2S3. The molecule has 1 aliphatic rings. The summed E-state index contributed by atoms with van der Waals surface area (Å²) in [7, 11) is 0. The topological polar surface area (TPSA) is 49.4 Å². The standard InChI is InChI=1S/C15H9ClN2O2S3/c16-10-4-1-3-9(7-10)8-12-14(20)18(15(21)23-12)17-13(19)11-5-2-6-22-11/h1-8H,(H,17,19)/b12-8+. The number of carbonyl (C=O) groups excluding carboxylic acids is 2. The molecule has 1 aromatic heterocycles. The predicted octanol–water partition coefficient (Wildman–Crippen LogP) is 3.95. The molecule has 8 heteroatoms. The van der Waals surface area contributed by atoms with Crippen LogP contribution >= 0.6 is 46.9 Å². The van der Waals surface area contributed by atoms with Gasteiger partial charge in [-0.1, -0.05) is 41.6 Å². The van der Waals surface area contributed by atoms with Crippen molar-refractivity contribution >= 4 is 69.1 Å². The van der Waals surface area contributed by atoms with E-state index in [1.54, 1.807) is 41.8 Å². The van der Waals surface area contributed by atoms with Crippen molar-refractivity contribution in [3.63, 3.8) is 0 Å². The summed E-state index contributed by atoms with van der Waals surface area (Å²) in [6, 6.07) is 10.6. The number of benzene rings is 1. The Balaban J connectivity index is 1.79. The number of hydrogen-bond donors (Lipinski definition) is 1. The van der Waals surface area contributed by atoms with Crippen molar-refractivity contribution in [2.45, 2.75) is 0 Å². The molecule has 1 N–H and O–H groups in total. The second-order valence-electron chi connectivity index (χ2n) is 4.49. The Bertz CT molecular complexity index is 818. The second kappa shape index (κ2) is 6.84. The number of halogens is 1. The van der Waals surface area contributed by atoms with Gasteiger partial charge in [-0.05, 0) is 47.4 Å². The van der Waals surface area contributed by atoms with Crippen molar-refractivity contribution in [1.82, 2.24) is 10.4 Å². The summed E-state index contributed by atoms with van der Waals surface area (Å²) >= 11 is 13.5. The van der Waals surface area contributed by atoms with Gasteiger partial charge in [0.25, 0.3) is 11.8 Å². The first-order valence-corrected chi connectivity index (χ1v) is 8.91. The third kappa shape index (κ3) is 3.64. The number of hydrogen-bond acceptors (Lipinski definition) is 5. The van der Waals surface area contributed by atoms with Crippen LogP contribution < -0.4 is 5.43 Å². The molecule has 116 valence electrons. The van der Waals surface area contributed by atoms with Crippen LogP contribution in [0.4, 0.5) is 0 Å². The number of rotatable bonds is 3. The average molecular weight is 381 g/mol. The van der Waals surface area contributed by atoms with Crippen molar-refractivity contribution in [3.05, 3.63) is 62.1 Å². The van der Waals surface area contributed by atoms with Gasteiger partial charge in [0.2, 0.25) is 0 Å². The molecule has 0 aliphatic carbocycles. The maximum absolute atomic E-state index is 12.4. The molecule has 1 fully saturated rings. The predicted molar refractivity (Wildman–Crippen MR) is 98.2 cm³/mol. The van der Waals surface area contributed by atoms with E-state index in [0.717, 1.165) is 22.3 Å². The molecule has 1 saturated heterocycles. The lowest BCUT2D eigenvalue weighted by Crippen LogP contribution is -2.44. The van der Waals surface area contributed by atoms with Gasteiger partial charge in [0.15, 0.2) is 4.32 Å².